The molecule has 0 spiro atoms. The van der Waals surface area contributed by atoms with E-state index in [9.17, 15) is 0 Å². The molecule has 0 fully saturated rings. The number of hydrazine groups is 1. The van der Waals surface area contributed by atoms with Crippen LogP contribution in [0.25, 0.3) is 0 Å². The summed E-state index contributed by atoms with van der Waals surface area (Å²) in [5, 5.41) is 1.53. The SMILES string of the molecule is CSCC1=CN(N)CO1. The molecule has 0 aliphatic carbocycles. The third-order valence-electron chi connectivity index (χ3n) is 0.995. The topological polar surface area (TPSA) is 38.5 Å². The summed E-state index contributed by atoms with van der Waals surface area (Å²) in [5.74, 6) is 7.25. The van der Waals surface area contributed by atoms with Crippen LogP contribution in [0.2, 0.25) is 0 Å². The van der Waals surface area contributed by atoms with E-state index in [0.717, 1.165) is 11.5 Å². The Labute approximate surface area is 58.8 Å². The van der Waals surface area contributed by atoms with E-state index in [0.29, 0.717) is 6.73 Å². The molecule has 0 saturated heterocycles. The van der Waals surface area contributed by atoms with Crippen molar-refractivity contribution < 1.29 is 4.74 Å². The summed E-state index contributed by atoms with van der Waals surface area (Å²) < 4.78 is 5.15. The van der Waals surface area contributed by atoms with Gasteiger partial charge in [-0.25, -0.2) is 5.84 Å². The number of hydrogen-bond acceptors (Lipinski definition) is 4. The summed E-state index contributed by atoms with van der Waals surface area (Å²) in [4.78, 5) is 0. The molecule has 1 heterocycles. The zero-order valence-corrected chi connectivity index (χ0v) is 6.15. The number of thioether (sulfide) groups is 1. The van der Waals surface area contributed by atoms with Crippen molar-refractivity contribution in [2.24, 2.45) is 5.84 Å². The van der Waals surface area contributed by atoms with E-state index < -0.39 is 0 Å². The van der Waals surface area contributed by atoms with Crippen LogP contribution in [0.15, 0.2) is 12.0 Å². The van der Waals surface area contributed by atoms with Gasteiger partial charge in [-0.05, 0) is 6.26 Å². The molecule has 1 rings (SSSR count). The molecule has 2 N–H and O–H groups in total. The number of ether oxygens (including phenoxy) is 1. The van der Waals surface area contributed by atoms with Crippen molar-refractivity contribution in [2.75, 3.05) is 18.7 Å². The molecular formula is C5H10N2OS. The molecule has 4 heteroatoms. The first-order valence-electron chi connectivity index (χ1n) is 2.66. The lowest BCUT2D eigenvalue weighted by molar-refractivity contribution is 0.156. The Bertz CT molecular complexity index is 126. The predicted molar refractivity (Wildman–Crippen MR) is 38.4 cm³/mol. The van der Waals surface area contributed by atoms with Crippen molar-refractivity contribution in [3.8, 4) is 0 Å². The lowest BCUT2D eigenvalue weighted by Gasteiger charge is -2.01. The van der Waals surface area contributed by atoms with Crippen LogP contribution in [-0.2, 0) is 4.74 Å². The summed E-state index contributed by atoms with van der Waals surface area (Å²) in [6.07, 6.45) is 3.85. The summed E-state index contributed by atoms with van der Waals surface area (Å²) in [5.41, 5.74) is 0. The lowest BCUT2D eigenvalue weighted by Crippen LogP contribution is -2.22. The van der Waals surface area contributed by atoms with Crippen molar-refractivity contribution in [2.45, 2.75) is 0 Å². The van der Waals surface area contributed by atoms with E-state index in [1.165, 1.54) is 5.01 Å². The van der Waals surface area contributed by atoms with Crippen LogP contribution in [0.1, 0.15) is 0 Å². The molecule has 0 unspecified atom stereocenters. The van der Waals surface area contributed by atoms with E-state index in [-0.39, 0.29) is 0 Å². The van der Waals surface area contributed by atoms with Gasteiger partial charge in [-0.1, -0.05) is 0 Å². The van der Waals surface area contributed by atoms with Gasteiger partial charge in [0.15, 0.2) is 6.73 Å². The molecule has 0 atom stereocenters. The quantitative estimate of drug-likeness (QED) is 0.571. The van der Waals surface area contributed by atoms with E-state index in [1.807, 2.05) is 12.5 Å². The van der Waals surface area contributed by atoms with E-state index >= 15 is 0 Å². The number of rotatable bonds is 2. The van der Waals surface area contributed by atoms with Gasteiger partial charge >= 0.3 is 0 Å². The average Bonchev–Trinajstić information content (AvgIpc) is 2.17. The molecule has 52 valence electrons. The van der Waals surface area contributed by atoms with Gasteiger partial charge in [0, 0.05) is 0 Å². The van der Waals surface area contributed by atoms with E-state index in [1.54, 1.807) is 11.8 Å². The third kappa shape index (κ3) is 1.80. The number of nitrogens with two attached hydrogens (primary N) is 1. The summed E-state index contributed by atoms with van der Waals surface area (Å²) >= 11 is 1.73. The maximum Gasteiger partial charge on any atom is 0.173 e. The van der Waals surface area contributed by atoms with Gasteiger partial charge in [0.25, 0.3) is 0 Å². The van der Waals surface area contributed by atoms with Crippen LogP contribution in [0.4, 0.5) is 0 Å². The van der Waals surface area contributed by atoms with Crippen LogP contribution < -0.4 is 5.84 Å². The Morgan fingerprint density at radius 1 is 2.00 bits per heavy atom. The van der Waals surface area contributed by atoms with Gasteiger partial charge in [0.2, 0.25) is 0 Å². The zero-order valence-electron chi connectivity index (χ0n) is 5.33. The van der Waals surface area contributed by atoms with Crippen LogP contribution in [0.3, 0.4) is 0 Å². The highest BCUT2D eigenvalue weighted by molar-refractivity contribution is 7.98. The molecule has 1 aliphatic rings. The maximum atomic E-state index is 5.38. The van der Waals surface area contributed by atoms with Crippen LogP contribution >= 0.6 is 11.8 Å². The molecule has 0 aromatic carbocycles. The second kappa shape index (κ2) is 2.98. The second-order valence-electron chi connectivity index (χ2n) is 1.82. The summed E-state index contributed by atoms with van der Waals surface area (Å²) in [7, 11) is 0. The molecule has 0 saturated carbocycles. The molecular weight excluding hydrogens is 136 g/mol. The highest BCUT2D eigenvalue weighted by Gasteiger charge is 2.07. The Morgan fingerprint density at radius 2 is 2.78 bits per heavy atom. The highest BCUT2D eigenvalue weighted by atomic mass is 32.2. The van der Waals surface area contributed by atoms with Crippen LogP contribution in [0, 0.1) is 0 Å². The lowest BCUT2D eigenvalue weighted by atomic mass is 10.6. The molecule has 0 aromatic heterocycles. The third-order valence-corrected chi connectivity index (χ3v) is 1.57. The molecule has 0 radical (unpaired) electrons. The van der Waals surface area contributed by atoms with Crippen molar-refractivity contribution in [3.63, 3.8) is 0 Å². The van der Waals surface area contributed by atoms with Gasteiger partial charge in [-0.3, -0.25) is 5.01 Å². The number of hydrogen-bond donors (Lipinski definition) is 1. The molecule has 0 bridgehead atoms. The molecule has 0 aromatic rings. The van der Waals surface area contributed by atoms with Crippen molar-refractivity contribution >= 4 is 11.8 Å². The monoisotopic (exact) mass is 146 g/mol. The first-order chi connectivity index (χ1) is 4.33. The zero-order chi connectivity index (χ0) is 6.69. The largest absolute Gasteiger partial charge is 0.474 e. The van der Waals surface area contributed by atoms with E-state index in [2.05, 4.69) is 0 Å². The summed E-state index contributed by atoms with van der Waals surface area (Å²) in [6.45, 7) is 0.496. The standard InChI is InChI=1S/C5H10N2OS/c1-9-3-5-2-7(6)4-8-5/h2H,3-4,6H2,1H3. The fourth-order valence-corrected chi connectivity index (χ4v) is 1.08. The van der Waals surface area contributed by atoms with Gasteiger partial charge < -0.3 is 4.74 Å². The highest BCUT2D eigenvalue weighted by Crippen LogP contribution is 2.11. The Kier molecular flexibility index (Phi) is 2.24. The smallest absolute Gasteiger partial charge is 0.173 e. The minimum absolute atomic E-state index is 0.496. The fraction of sp³-hybridized carbons (Fsp3) is 0.600. The molecule has 9 heavy (non-hydrogen) atoms. The summed E-state index contributed by atoms with van der Waals surface area (Å²) in [6, 6.07) is 0. The van der Waals surface area contributed by atoms with Gasteiger partial charge in [-0.15, -0.1) is 0 Å². The Hall–Kier alpha value is -0.350. The molecule has 1 aliphatic heterocycles. The fourth-order valence-electron chi connectivity index (χ4n) is 0.638. The molecule has 3 nitrogen and oxygen atoms in total. The van der Waals surface area contributed by atoms with Crippen LogP contribution in [0.5, 0.6) is 0 Å². The van der Waals surface area contributed by atoms with Gasteiger partial charge in [0.1, 0.15) is 5.76 Å². The van der Waals surface area contributed by atoms with Crippen LogP contribution in [-0.4, -0.2) is 23.7 Å². The Morgan fingerprint density at radius 3 is 3.22 bits per heavy atom. The van der Waals surface area contributed by atoms with Crippen molar-refractivity contribution in [3.05, 3.63) is 12.0 Å². The van der Waals surface area contributed by atoms with Crippen molar-refractivity contribution in [1.29, 1.82) is 0 Å². The average molecular weight is 146 g/mol. The van der Waals surface area contributed by atoms with Gasteiger partial charge in [0.05, 0.1) is 12.0 Å². The minimum atomic E-state index is 0.496. The minimum Gasteiger partial charge on any atom is -0.474 e. The normalized spacial score (nSPS) is 17.6. The first kappa shape index (κ1) is 6.77. The number of nitrogens with zero attached hydrogens (tertiary/aromatic N) is 1. The van der Waals surface area contributed by atoms with E-state index in [4.69, 9.17) is 10.6 Å². The first-order valence-corrected chi connectivity index (χ1v) is 4.06. The maximum absolute atomic E-state index is 5.38. The second-order valence-corrected chi connectivity index (χ2v) is 2.68. The van der Waals surface area contributed by atoms with Crippen molar-refractivity contribution in [1.82, 2.24) is 5.01 Å². The predicted octanol–water partition coefficient (Wildman–Crippen LogP) is 0.354. The Balaban J connectivity index is 2.33. The molecule has 0 amide bonds. The van der Waals surface area contributed by atoms with Gasteiger partial charge in [-0.2, -0.15) is 11.8 Å².